The number of halogens is 1. The van der Waals surface area contributed by atoms with Crippen LogP contribution in [0.2, 0.25) is 0 Å². The first-order valence-corrected chi connectivity index (χ1v) is 10.3. The number of hydrogen-bond donors (Lipinski definition) is 1. The molecule has 2 amide bonds. The van der Waals surface area contributed by atoms with Gasteiger partial charge in [0.25, 0.3) is 0 Å². The lowest BCUT2D eigenvalue weighted by atomic mass is 9.98. The number of rotatable bonds is 3. The summed E-state index contributed by atoms with van der Waals surface area (Å²) in [5.74, 6) is -0.520. The molecular weight excluding hydrogens is 393 g/mol. The molecular formula is C24H24FN5O. The highest BCUT2D eigenvalue weighted by Gasteiger charge is 2.24. The molecule has 2 aromatic carbocycles. The minimum Gasteiger partial charge on any atom is -0.382 e. The number of amides is 2. The minimum absolute atomic E-state index is 0.0276. The molecule has 31 heavy (non-hydrogen) atoms. The smallest absolute Gasteiger partial charge is 0.319 e. The van der Waals surface area contributed by atoms with Gasteiger partial charge in [-0.3, -0.25) is 4.98 Å². The van der Waals surface area contributed by atoms with Crippen LogP contribution in [0, 0.1) is 17.1 Å². The summed E-state index contributed by atoms with van der Waals surface area (Å²) in [6.45, 7) is 1.40. The number of nitriles is 1. The second-order valence-corrected chi connectivity index (χ2v) is 8.01. The summed E-state index contributed by atoms with van der Waals surface area (Å²) in [5, 5.41) is 14.8. The fourth-order valence-corrected chi connectivity index (χ4v) is 3.99. The molecule has 2 heterocycles. The van der Waals surface area contributed by atoms with E-state index in [2.05, 4.69) is 10.3 Å². The molecule has 0 unspecified atom stereocenters. The average molecular weight is 417 g/mol. The first kappa shape index (κ1) is 20.6. The van der Waals surface area contributed by atoms with Crippen molar-refractivity contribution in [3.63, 3.8) is 0 Å². The van der Waals surface area contributed by atoms with Crippen molar-refractivity contribution in [1.29, 1.82) is 5.26 Å². The summed E-state index contributed by atoms with van der Waals surface area (Å²) >= 11 is 0. The molecule has 1 aromatic heterocycles. The van der Waals surface area contributed by atoms with Gasteiger partial charge < -0.3 is 15.1 Å². The van der Waals surface area contributed by atoms with Crippen LogP contribution in [0.5, 0.6) is 0 Å². The lowest BCUT2D eigenvalue weighted by Crippen LogP contribution is -2.46. The summed E-state index contributed by atoms with van der Waals surface area (Å²) in [6, 6.07) is 12.8. The Hall–Kier alpha value is -3.66. The van der Waals surface area contributed by atoms with E-state index in [0.717, 1.165) is 40.4 Å². The fraction of sp³-hybridized carbons (Fsp3) is 0.292. The normalized spacial score (nSPS) is 14.3. The van der Waals surface area contributed by atoms with Crippen LogP contribution in [0.15, 0.2) is 48.8 Å². The van der Waals surface area contributed by atoms with E-state index in [1.54, 1.807) is 37.3 Å². The molecule has 0 radical (unpaired) electrons. The molecule has 1 saturated heterocycles. The lowest BCUT2D eigenvalue weighted by Gasteiger charge is -2.34. The molecule has 7 heteroatoms. The van der Waals surface area contributed by atoms with E-state index in [9.17, 15) is 14.4 Å². The summed E-state index contributed by atoms with van der Waals surface area (Å²) < 4.78 is 13.8. The van der Waals surface area contributed by atoms with Crippen molar-refractivity contribution in [3.05, 3.63) is 60.2 Å². The maximum Gasteiger partial charge on any atom is 0.319 e. The van der Waals surface area contributed by atoms with E-state index < -0.39 is 5.82 Å². The van der Waals surface area contributed by atoms with E-state index in [1.165, 1.54) is 6.07 Å². The molecule has 1 aliphatic heterocycles. The zero-order valence-electron chi connectivity index (χ0n) is 17.6. The third-order valence-electron chi connectivity index (χ3n) is 5.68. The first-order chi connectivity index (χ1) is 15.0. The maximum atomic E-state index is 13.8. The van der Waals surface area contributed by atoms with Crippen LogP contribution in [0.1, 0.15) is 18.4 Å². The number of carbonyl (C=O) groups is 1. The second-order valence-electron chi connectivity index (χ2n) is 8.01. The van der Waals surface area contributed by atoms with Gasteiger partial charge in [0, 0.05) is 56.7 Å². The van der Waals surface area contributed by atoms with Gasteiger partial charge in [0.05, 0.1) is 5.56 Å². The Balaban J connectivity index is 1.62. The van der Waals surface area contributed by atoms with Gasteiger partial charge in [-0.2, -0.15) is 5.26 Å². The van der Waals surface area contributed by atoms with Crippen LogP contribution >= 0.6 is 0 Å². The number of anilines is 1. The third kappa shape index (κ3) is 4.29. The number of hydrogen-bond acceptors (Lipinski definition) is 4. The summed E-state index contributed by atoms with van der Waals surface area (Å²) in [4.78, 5) is 19.9. The zero-order valence-corrected chi connectivity index (χ0v) is 17.6. The molecule has 0 bridgehead atoms. The van der Waals surface area contributed by atoms with Crippen molar-refractivity contribution in [2.75, 3.05) is 32.5 Å². The van der Waals surface area contributed by atoms with Gasteiger partial charge in [-0.15, -0.1) is 0 Å². The van der Waals surface area contributed by atoms with Crippen LogP contribution in [-0.4, -0.2) is 54.0 Å². The number of nitrogens with one attached hydrogen (secondary N) is 1. The van der Waals surface area contributed by atoms with Crippen molar-refractivity contribution in [3.8, 4) is 17.2 Å². The third-order valence-corrected chi connectivity index (χ3v) is 5.68. The second kappa shape index (κ2) is 8.60. The van der Waals surface area contributed by atoms with Crippen molar-refractivity contribution < 1.29 is 9.18 Å². The predicted octanol–water partition coefficient (Wildman–Crippen LogP) is 4.47. The van der Waals surface area contributed by atoms with E-state index in [1.807, 2.05) is 35.4 Å². The van der Waals surface area contributed by atoms with Gasteiger partial charge in [-0.1, -0.05) is 6.07 Å². The number of urea groups is 1. The highest BCUT2D eigenvalue weighted by molar-refractivity contribution is 5.97. The SMILES string of the molecule is CN(C)C(=O)N1CCC(Nc2cc(-c3ccc(F)c(C#N)c3)cc3ccncc23)CC1. The number of piperidine rings is 1. The van der Waals surface area contributed by atoms with Crippen molar-refractivity contribution in [1.82, 2.24) is 14.8 Å². The van der Waals surface area contributed by atoms with E-state index in [4.69, 9.17) is 0 Å². The molecule has 0 atom stereocenters. The Labute approximate surface area is 180 Å². The summed E-state index contributed by atoms with van der Waals surface area (Å²) in [7, 11) is 3.54. The maximum absolute atomic E-state index is 13.8. The molecule has 1 fully saturated rings. The number of pyridine rings is 1. The van der Waals surface area contributed by atoms with Crippen LogP contribution < -0.4 is 5.32 Å². The molecule has 0 aliphatic carbocycles. The molecule has 4 rings (SSSR count). The summed E-state index contributed by atoms with van der Waals surface area (Å²) in [6.07, 6.45) is 5.27. The van der Waals surface area contributed by atoms with Gasteiger partial charge in [0.2, 0.25) is 0 Å². The van der Waals surface area contributed by atoms with Gasteiger partial charge in [0.15, 0.2) is 0 Å². The zero-order chi connectivity index (χ0) is 22.0. The van der Waals surface area contributed by atoms with Crippen LogP contribution in [0.4, 0.5) is 14.9 Å². The predicted molar refractivity (Wildman–Crippen MR) is 119 cm³/mol. The van der Waals surface area contributed by atoms with Gasteiger partial charge in [0.1, 0.15) is 11.9 Å². The van der Waals surface area contributed by atoms with Crippen LogP contribution in [-0.2, 0) is 0 Å². The standard InChI is InChI=1S/C24H24FN5O/c1-29(2)24(31)30-9-6-20(7-10-30)28-23-13-18(12-17-5-8-27-15-21(17)23)16-3-4-22(25)19(11-16)14-26/h3-5,8,11-13,15,20,28H,6-7,9-10H2,1-2H3. The summed E-state index contributed by atoms with van der Waals surface area (Å²) in [5.41, 5.74) is 2.66. The topological polar surface area (TPSA) is 72.3 Å². The number of fused-ring (bicyclic) bond motifs is 1. The van der Waals surface area contributed by atoms with Gasteiger partial charge >= 0.3 is 6.03 Å². The Morgan fingerprint density at radius 3 is 2.68 bits per heavy atom. The minimum atomic E-state index is -0.520. The molecule has 3 aromatic rings. The van der Waals surface area contributed by atoms with Crippen LogP contribution in [0.3, 0.4) is 0 Å². The average Bonchev–Trinajstić information content (AvgIpc) is 2.79. The quantitative estimate of drug-likeness (QED) is 0.682. The Morgan fingerprint density at radius 1 is 1.19 bits per heavy atom. The van der Waals surface area contributed by atoms with E-state index in [-0.39, 0.29) is 17.6 Å². The van der Waals surface area contributed by atoms with E-state index >= 15 is 0 Å². The van der Waals surface area contributed by atoms with Gasteiger partial charge in [-0.05, 0) is 59.7 Å². The molecule has 1 aliphatic rings. The highest BCUT2D eigenvalue weighted by atomic mass is 19.1. The Morgan fingerprint density at radius 2 is 1.97 bits per heavy atom. The number of nitrogens with zero attached hydrogens (tertiary/aromatic N) is 4. The van der Waals surface area contributed by atoms with Crippen molar-refractivity contribution in [2.45, 2.75) is 18.9 Å². The molecule has 158 valence electrons. The first-order valence-electron chi connectivity index (χ1n) is 10.3. The fourth-order valence-electron chi connectivity index (χ4n) is 3.99. The van der Waals surface area contributed by atoms with E-state index in [0.29, 0.717) is 13.1 Å². The van der Waals surface area contributed by atoms with Crippen LogP contribution in [0.25, 0.3) is 21.9 Å². The Kier molecular flexibility index (Phi) is 5.72. The number of likely N-dealkylation sites (tertiary alicyclic amines) is 1. The largest absolute Gasteiger partial charge is 0.382 e. The number of benzene rings is 2. The monoisotopic (exact) mass is 417 g/mol. The van der Waals surface area contributed by atoms with Crippen molar-refractivity contribution >= 4 is 22.5 Å². The molecule has 6 nitrogen and oxygen atoms in total. The Bertz CT molecular complexity index is 1160. The number of carbonyl (C=O) groups excluding carboxylic acids is 1. The lowest BCUT2D eigenvalue weighted by molar-refractivity contribution is 0.158. The van der Waals surface area contributed by atoms with Crippen molar-refractivity contribution in [2.24, 2.45) is 0 Å². The number of aromatic nitrogens is 1. The highest BCUT2D eigenvalue weighted by Crippen LogP contribution is 2.32. The molecule has 0 saturated carbocycles. The molecule has 1 N–H and O–H groups in total. The van der Waals surface area contributed by atoms with Gasteiger partial charge in [-0.25, -0.2) is 9.18 Å². The molecule has 0 spiro atoms.